The molecular weight excluding hydrogens is 398 g/mol. The number of benzene rings is 2. The smallest absolute Gasteiger partial charge is 0.248 e. The first kappa shape index (κ1) is 22.1. The molecule has 1 fully saturated rings. The van der Waals surface area contributed by atoms with Crippen molar-refractivity contribution < 1.29 is 23.9 Å². The van der Waals surface area contributed by atoms with Crippen molar-refractivity contribution in [3.05, 3.63) is 59.2 Å². The summed E-state index contributed by atoms with van der Waals surface area (Å²) < 4.78 is 10.6. The van der Waals surface area contributed by atoms with Gasteiger partial charge in [0, 0.05) is 31.6 Å². The molecular formula is C23H27N3O5. The Labute approximate surface area is 181 Å². The van der Waals surface area contributed by atoms with E-state index < -0.39 is 5.91 Å². The lowest BCUT2D eigenvalue weighted by Crippen LogP contribution is -2.33. The maximum Gasteiger partial charge on any atom is 0.248 e. The molecule has 3 rings (SSSR count). The van der Waals surface area contributed by atoms with E-state index in [0.717, 1.165) is 11.1 Å². The summed E-state index contributed by atoms with van der Waals surface area (Å²) in [5, 5.41) is 2.87. The normalized spacial score (nSPS) is 15.6. The Balaban J connectivity index is 1.50. The Hall–Kier alpha value is -3.55. The van der Waals surface area contributed by atoms with E-state index in [9.17, 15) is 14.4 Å². The third kappa shape index (κ3) is 5.53. The first-order valence-corrected chi connectivity index (χ1v) is 10.1. The van der Waals surface area contributed by atoms with Crippen LogP contribution >= 0.6 is 0 Å². The molecule has 1 heterocycles. The lowest BCUT2D eigenvalue weighted by atomic mass is 10.1. The minimum absolute atomic E-state index is 0.0218. The minimum atomic E-state index is -0.492. The Morgan fingerprint density at radius 1 is 1.06 bits per heavy atom. The Kier molecular flexibility index (Phi) is 7.12. The van der Waals surface area contributed by atoms with Crippen LogP contribution in [0.4, 0.5) is 0 Å². The summed E-state index contributed by atoms with van der Waals surface area (Å²) in [5.74, 6) is 0.266. The summed E-state index contributed by atoms with van der Waals surface area (Å²) in [6.45, 7) is 1.26. The van der Waals surface area contributed by atoms with Gasteiger partial charge in [0.1, 0.15) is 0 Å². The van der Waals surface area contributed by atoms with Crippen molar-refractivity contribution in [2.75, 3.05) is 27.3 Å². The van der Waals surface area contributed by atoms with E-state index in [1.807, 2.05) is 18.2 Å². The second-order valence-corrected chi connectivity index (χ2v) is 7.46. The number of nitrogens with two attached hydrogens (primary N) is 1. The van der Waals surface area contributed by atoms with Crippen LogP contribution in [-0.2, 0) is 22.6 Å². The highest BCUT2D eigenvalue weighted by Gasteiger charge is 2.33. The molecule has 1 aliphatic rings. The van der Waals surface area contributed by atoms with Crippen LogP contribution in [0.3, 0.4) is 0 Å². The van der Waals surface area contributed by atoms with Crippen molar-refractivity contribution in [2.45, 2.75) is 19.4 Å². The van der Waals surface area contributed by atoms with Gasteiger partial charge in [0.05, 0.1) is 20.1 Å². The van der Waals surface area contributed by atoms with E-state index in [4.69, 9.17) is 15.2 Å². The van der Waals surface area contributed by atoms with E-state index >= 15 is 0 Å². The number of ether oxygens (including phenoxy) is 2. The van der Waals surface area contributed by atoms with E-state index in [1.165, 1.54) is 0 Å². The number of likely N-dealkylation sites (tertiary alicyclic amines) is 1. The zero-order valence-corrected chi connectivity index (χ0v) is 17.7. The molecule has 1 saturated heterocycles. The highest BCUT2D eigenvalue weighted by atomic mass is 16.5. The third-order valence-electron chi connectivity index (χ3n) is 5.41. The van der Waals surface area contributed by atoms with E-state index in [1.54, 1.807) is 43.4 Å². The number of carbonyl (C=O) groups is 3. The molecule has 1 unspecified atom stereocenters. The lowest BCUT2D eigenvalue weighted by molar-refractivity contribution is -0.129. The molecule has 2 aromatic rings. The molecule has 3 N–H and O–H groups in total. The van der Waals surface area contributed by atoms with Crippen LogP contribution in [0.1, 0.15) is 27.9 Å². The molecule has 0 spiro atoms. The number of primary amides is 1. The fourth-order valence-corrected chi connectivity index (χ4v) is 3.58. The molecule has 0 saturated carbocycles. The van der Waals surface area contributed by atoms with E-state index in [0.29, 0.717) is 43.1 Å². The number of nitrogens with one attached hydrogen (secondary N) is 1. The van der Waals surface area contributed by atoms with Gasteiger partial charge in [0.2, 0.25) is 17.7 Å². The maximum absolute atomic E-state index is 12.5. The lowest BCUT2D eigenvalue weighted by Gasteiger charge is -2.17. The zero-order valence-electron chi connectivity index (χ0n) is 17.7. The summed E-state index contributed by atoms with van der Waals surface area (Å²) in [7, 11) is 3.17. The number of amides is 3. The number of nitrogens with zero attached hydrogens (tertiary/aromatic N) is 1. The molecule has 31 heavy (non-hydrogen) atoms. The molecule has 8 heteroatoms. The van der Waals surface area contributed by atoms with Gasteiger partial charge in [-0.15, -0.1) is 0 Å². The average Bonchev–Trinajstić information content (AvgIpc) is 3.16. The largest absolute Gasteiger partial charge is 0.493 e. The van der Waals surface area contributed by atoms with Gasteiger partial charge in [0.15, 0.2) is 11.5 Å². The molecule has 3 amide bonds. The molecule has 0 radical (unpaired) electrons. The van der Waals surface area contributed by atoms with Crippen LogP contribution in [0.15, 0.2) is 42.5 Å². The maximum atomic E-state index is 12.5. The molecule has 0 bridgehead atoms. The number of hydrogen-bond acceptors (Lipinski definition) is 5. The molecule has 2 aromatic carbocycles. The topological polar surface area (TPSA) is 111 Å². The Bertz CT molecular complexity index is 958. The number of hydrogen-bond donors (Lipinski definition) is 2. The first-order valence-electron chi connectivity index (χ1n) is 10.1. The predicted octanol–water partition coefficient (Wildman–Crippen LogP) is 1.51. The van der Waals surface area contributed by atoms with Gasteiger partial charge < -0.3 is 25.4 Å². The quantitative estimate of drug-likeness (QED) is 0.633. The first-order chi connectivity index (χ1) is 14.9. The summed E-state index contributed by atoms with van der Waals surface area (Å²) in [6.07, 6.45) is 0.866. The van der Waals surface area contributed by atoms with Gasteiger partial charge in [-0.25, -0.2) is 0 Å². The molecule has 1 atom stereocenters. The summed E-state index contributed by atoms with van der Waals surface area (Å²) in [6, 6.07) is 12.4. The van der Waals surface area contributed by atoms with Crippen molar-refractivity contribution in [3.63, 3.8) is 0 Å². The van der Waals surface area contributed by atoms with Crippen LogP contribution in [0.2, 0.25) is 0 Å². The summed E-state index contributed by atoms with van der Waals surface area (Å²) in [5.41, 5.74) is 7.53. The van der Waals surface area contributed by atoms with Gasteiger partial charge in [-0.3, -0.25) is 14.4 Å². The molecule has 0 aromatic heterocycles. The van der Waals surface area contributed by atoms with Gasteiger partial charge >= 0.3 is 0 Å². The second-order valence-electron chi connectivity index (χ2n) is 7.46. The van der Waals surface area contributed by atoms with Gasteiger partial charge in [0.25, 0.3) is 0 Å². The fourth-order valence-electron chi connectivity index (χ4n) is 3.58. The minimum Gasteiger partial charge on any atom is -0.493 e. The van der Waals surface area contributed by atoms with E-state index in [-0.39, 0.29) is 24.2 Å². The molecule has 1 aliphatic heterocycles. The van der Waals surface area contributed by atoms with Crippen molar-refractivity contribution in [1.82, 2.24) is 10.2 Å². The molecule has 0 aliphatic carbocycles. The highest BCUT2D eigenvalue weighted by molar-refractivity contribution is 5.92. The second kappa shape index (κ2) is 9.97. The summed E-state index contributed by atoms with van der Waals surface area (Å²) >= 11 is 0. The van der Waals surface area contributed by atoms with Crippen LogP contribution < -0.4 is 20.5 Å². The van der Waals surface area contributed by atoms with Crippen LogP contribution in [-0.4, -0.2) is 49.9 Å². The van der Waals surface area contributed by atoms with Crippen LogP contribution in [0.5, 0.6) is 11.5 Å². The fraction of sp³-hybridized carbons (Fsp3) is 0.348. The summed E-state index contributed by atoms with van der Waals surface area (Å²) in [4.78, 5) is 37.7. The molecule has 164 valence electrons. The monoisotopic (exact) mass is 425 g/mol. The number of methoxy groups -OCH3 is 2. The van der Waals surface area contributed by atoms with Gasteiger partial charge in [-0.05, 0) is 41.8 Å². The number of carbonyl (C=O) groups excluding carboxylic acids is 3. The van der Waals surface area contributed by atoms with Gasteiger partial charge in [-0.1, -0.05) is 18.2 Å². The molecule has 8 nitrogen and oxygen atoms in total. The van der Waals surface area contributed by atoms with Gasteiger partial charge in [-0.2, -0.15) is 0 Å². The van der Waals surface area contributed by atoms with E-state index in [2.05, 4.69) is 5.32 Å². The van der Waals surface area contributed by atoms with Crippen molar-refractivity contribution >= 4 is 17.7 Å². The zero-order chi connectivity index (χ0) is 22.4. The van der Waals surface area contributed by atoms with Crippen molar-refractivity contribution in [1.29, 1.82) is 0 Å². The predicted molar refractivity (Wildman–Crippen MR) is 115 cm³/mol. The van der Waals surface area contributed by atoms with Crippen molar-refractivity contribution in [2.24, 2.45) is 11.7 Å². The SMILES string of the molecule is COc1ccc(CCN2CC(C(=O)NCc3ccc(C(N)=O)cc3)CC2=O)cc1OC. The van der Waals surface area contributed by atoms with Crippen LogP contribution in [0.25, 0.3) is 0 Å². The standard InChI is InChI=1S/C23H27N3O5/c1-30-19-8-5-15(11-20(19)31-2)9-10-26-14-18(12-21(26)27)23(29)25-13-16-3-6-17(7-4-16)22(24)28/h3-8,11,18H,9-10,12-14H2,1-2H3,(H2,24,28)(H,25,29). The Morgan fingerprint density at radius 3 is 2.39 bits per heavy atom. The Morgan fingerprint density at radius 2 is 1.74 bits per heavy atom. The third-order valence-corrected chi connectivity index (χ3v) is 5.41. The highest BCUT2D eigenvalue weighted by Crippen LogP contribution is 2.28. The van der Waals surface area contributed by atoms with Crippen LogP contribution in [0, 0.1) is 5.92 Å². The van der Waals surface area contributed by atoms with Crippen molar-refractivity contribution in [3.8, 4) is 11.5 Å². The average molecular weight is 425 g/mol. The number of rotatable bonds is 9.